The molecule has 0 aromatic heterocycles. The zero-order chi connectivity index (χ0) is 13.5. The van der Waals surface area contributed by atoms with Crippen molar-refractivity contribution in [2.75, 3.05) is 65.4 Å². The second kappa shape index (κ2) is 7.82. The third-order valence-corrected chi connectivity index (χ3v) is 4.25. The van der Waals surface area contributed by atoms with Gasteiger partial charge in [0.15, 0.2) is 0 Å². The van der Waals surface area contributed by atoms with Crippen LogP contribution in [-0.2, 0) is 4.79 Å². The molecule has 2 heterocycles. The van der Waals surface area contributed by atoms with Crippen molar-refractivity contribution in [1.82, 2.24) is 20.0 Å². The van der Waals surface area contributed by atoms with Gasteiger partial charge in [-0.05, 0) is 19.5 Å². The van der Waals surface area contributed by atoms with Gasteiger partial charge in [0.1, 0.15) is 0 Å². The summed E-state index contributed by atoms with van der Waals surface area (Å²) < 4.78 is 0. The molecule has 0 aromatic carbocycles. The molecule has 1 amide bonds. The molecule has 5 nitrogen and oxygen atoms in total. The zero-order valence-electron chi connectivity index (χ0n) is 12.2. The third kappa shape index (κ3) is 4.75. The van der Waals surface area contributed by atoms with E-state index in [0.29, 0.717) is 5.91 Å². The predicted octanol–water partition coefficient (Wildman–Crippen LogP) is -0.164. The number of likely N-dealkylation sites (N-methyl/N-ethyl adjacent to an activating group) is 1. The summed E-state index contributed by atoms with van der Waals surface area (Å²) in [5, 5.41) is 3.35. The van der Waals surface area contributed by atoms with Crippen LogP contribution >= 0.6 is 0 Å². The van der Waals surface area contributed by atoms with Crippen LogP contribution in [0.5, 0.6) is 0 Å². The van der Waals surface area contributed by atoms with Gasteiger partial charge in [-0.15, -0.1) is 0 Å². The van der Waals surface area contributed by atoms with Gasteiger partial charge in [-0.2, -0.15) is 0 Å². The molecule has 5 heteroatoms. The minimum Gasteiger partial charge on any atom is -0.340 e. The highest BCUT2D eigenvalue weighted by Gasteiger charge is 2.19. The monoisotopic (exact) mass is 268 g/mol. The summed E-state index contributed by atoms with van der Waals surface area (Å²) in [4.78, 5) is 19.0. The average molecular weight is 268 g/mol. The van der Waals surface area contributed by atoms with Crippen LogP contribution in [0.15, 0.2) is 0 Å². The predicted molar refractivity (Wildman–Crippen MR) is 77.2 cm³/mol. The van der Waals surface area contributed by atoms with Crippen molar-refractivity contribution < 1.29 is 4.79 Å². The minimum absolute atomic E-state index is 0.353. The van der Waals surface area contributed by atoms with Gasteiger partial charge in [0.2, 0.25) is 5.91 Å². The number of carbonyl (C=O) groups is 1. The Bertz CT molecular complexity index is 271. The molecule has 19 heavy (non-hydrogen) atoms. The van der Waals surface area contributed by atoms with Crippen molar-refractivity contribution in [3.8, 4) is 0 Å². The molecule has 2 aliphatic rings. The van der Waals surface area contributed by atoms with Crippen LogP contribution in [-0.4, -0.2) is 86.1 Å². The normalized spacial score (nSPS) is 22.7. The summed E-state index contributed by atoms with van der Waals surface area (Å²) in [7, 11) is 0. The summed E-state index contributed by atoms with van der Waals surface area (Å²) in [5.41, 5.74) is 0. The lowest BCUT2D eigenvalue weighted by molar-refractivity contribution is -0.133. The van der Waals surface area contributed by atoms with E-state index in [1.165, 1.54) is 0 Å². The molecule has 2 rings (SSSR count). The lowest BCUT2D eigenvalue weighted by Gasteiger charge is -2.34. The van der Waals surface area contributed by atoms with Crippen LogP contribution < -0.4 is 5.32 Å². The fourth-order valence-electron chi connectivity index (χ4n) is 2.86. The SMILES string of the molecule is CCN1CCN(C(=O)CCCN2CCNCC2)CC1. The quantitative estimate of drug-likeness (QED) is 0.752. The standard InChI is InChI=1S/C14H28N4O/c1-2-16-10-12-18(13-11-16)14(19)4-3-7-17-8-5-15-6-9-17/h15H,2-13H2,1H3. The molecule has 0 radical (unpaired) electrons. The smallest absolute Gasteiger partial charge is 0.222 e. The van der Waals surface area contributed by atoms with E-state index < -0.39 is 0 Å². The van der Waals surface area contributed by atoms with Crippen LogP contribution in [0.3, 0.4) is 0 Å². The van der Waals surface area contributed by atoms with Crippen LogP contribution in [0.25, 0.3) is 0 Å². The van der Waals surface area contributed by atoms with Crippen LogP contribution in [0.2, 0.25) is 0 Å². The van der Waals surface area contributed by atoms with Gasteiger partial charge in [-0.3, -0.25) is 4.79 Å². The fraction of sp³-hybridized carbons (Fsp3) is 0.929. The molecule has 0 saturated carbocycles. The average Bonchev–Trinajstić information content (AvgIpc) is 2.48. The van der Waals surface area contributed by atoms with Gasteiger partial charge in [-0.25, -0.2) is 0 Å². The molecule has 0 aliphatic carbocycles. The first-order valence-corrected chi connectivity index (χ1v) is 7.73. The molecule has 2 saturated heterocycles. The molecule has 1 N–H and O–H groups in total. The molecular weight excluding hydrogens is 240 g/mol. The number of piperazine rings is 2. The lowest BCUT2D eigenvalue weighted by atomic mass is 10.2. The Kier molecular flexibility index (Phi) is 6.07. The topological polar surface area (TPSA) is 38.8 Å². The number of hydrogen-bond donors (Lipinski definition) is 1. The molecule has 110 valence electrons. The van der Waals surface area contributed by atoms with E-state index in [1.54, 1.807) is 0 Å². The van der Waals surface area contributed by atoms with Crippen molar-refractivity contribution in [2.45, 2.75) is 19.8 Å². The summed E-state index contributed by atoms with van der Waals surface area (Å²) in [6.45, 7) is 12.7. The van der Waals surface area contributed by atoms with Crippen molar-refractivity contribution in [1.29, 1.82) is 0 Å². The summed E-state index contributed by atoms with van der Waals surface area (Å²) >= 11 is 0. The van der Waals surface area contributed by atoms with Gasteiger partial charge in [0, 0.05) is 58.8 Å². The molecule has 0 spiro atoms. The van der Waals surface area contributed by atoms with Crippen molar-refractivity contribution in [2.24, 2.45) is 0 Å². The summed E-state index contributed by atoms with van der Waals surface area (Å²) in [6.07, 6.45) is 1.73. The van der Waals surface area contributed by atoms with Crippen molar-refractivity contribution in [3.05, 3.63) is 0 Å². The molecule has 0 unspecified atom stereocenters. The first-order chi connectivity index (χ1) is 9.29. The van der Waals surface area contributed by atoms with Gasteiger partial charge < -0.3 is 20.0 Å². The number of amides is 1. The maximum atomic E-state index is 12.1. The van der Waals surface area contributed by atoms with E-state index in [0.717, 1.165) is 78.3 Å². The van der Waals surface area contributed by atoms with Crippen LogP contribution in [0.4, 0.5) is 0 Å². The van der Waals surface area contributed by atoms with E-state index in [9.17, 15) is 4.79 Å². The van der Waals surface area contributed by atoms with E-state index in [-0.39, 0.29) is 0 Å². The van der Waals surface area contributed by atoms with E-state index >= 15 is 0 Å². The Hall–Kier alpha value is -0.650. The molecule has 2 aliphatic heterocycles. The molecule has 0 aromatic rings. The zero-order valence-corrected chi connectivity index (χ0v) is 12.2. The Labute approximate surface area is 116 Å². The summed E-state index contributed by atoms with van der Waals surface area (Å²) in [6, 6.07) is 0. The highest BCUT2D eigenvalue weighted by Crippen LogP contribution is 2.06. The lowest BCUT2D eigenvalue weighted by Crippen LogP contribution is -2.48. The second-order valence-electron chi connectivity index (χ2n) is 5.51. The van der Waals surface area contributed by atoms with Crippen LogP contribution in [0.1, 0.15) is 19.8 Å². The minimum atomic E-state index is 0.353. The number of nitrogens with zero attached hydrogens (tertiary/aromatic N) is 3. The van der Waals surface area contributed by atoms with Gasteiger partial charge in [0.05, 0.1) is 0 Å². The Morgan fingerprint density at radius 2 is 1.68 bits per heavy atom. The Morgan fingerprint density at radius 3 is 2.32 bits per heavy atom. The largest absolute Gasteiger partial charge is 0.340 e. The molecule has 0 bridgehead atoms. The van der Waals surface area contributed by atoms with Crippen molar-refractivity contribution >= 4 is 5.91 Å². The highest BCUT2D eigenvalue weighted by atomic mass is 16.2. The number of carbonyl (C=O) groups excluding carboxylic acids is 1. The van der Waals surface area contributed by atoms with E-state index in [2.05, 4.69) is 22.0 Å². The Balaban J connectivity index is 1.59. The molecule has 0 atom stereocenters. The van der Waals surface area contributed by atoms with Crippen LogP contribution in [0, 0.1) is 0 Å². The van der Waals surface area contributed by atoms with Gasteiger partial charge >= 0.3 is 0 Å². The number of rotatable bonds is 5. The van der Waals surface area contributed by atoms with E-state index in [4.69, 9.17) is 0 Å². The molecule has 2 fully saturated rings. The van der Waals surface area contributed by atoms with Gasteiger partial charge in [0.25, 0.3) is 0 Å². The highest BCUT2D eigenvalue weighted by molar-refractivity contribution is 5.76. The maximum Gasteiger partial charge on any atom is 0.222 e. The number of nitrogens with one attached hydrogen (secondary N) is 1. The third-order valence-electron chi connectivity index (χ3n) is 4.25. The molecular formula is C14H28N4O. The second-order valence-corrected chi connectivity index (χ2v) is 5.51. The van der Waals surface area contributed by atoms with Gasteiger partial charge in [-0.1, -0.05) is 6.92 Å². The maximum absolute atomic E-state index is 12.1. The first-order valence-electron chi connectivity index (χ1n) is 7.73. The number of hydrogen-bond acceptors (Lipinski definition) is 4. The van der Waals surface area contributed by atoms with Crippen molar-refractivity contribution in [3.63, 3.8) is 0 Å². The first kappa shape index (κ1) is 14.8. The van der Waals surface area contributed by atoms with E-state index in [1.807, 2.05) is 4.90 Å². The summed E-state index contributed by atoms with van der Waals surface area (Å²) in [5.74, 6) is 0.353. The Morgan fingerprint density at radius 1 is 1.00 bits per heavy atom. The fourth-order valence-corrected chi connectivity index (χ4v) is 2.86.